The van der Waals surface area contributed by atoms with E-state index >= 15 is 0 Å². The Kier molecular flexibility index (Phi) is 15.0. The molecule has 39 heavy (non-hydrogen) atoms. The first-order valence-electron chi connectivity index (χ1n) is 13.9. The predicted molar refractivity (Wildman–Crippen MR) is 147 cm³/mol. The molecular weight excluding hydrogens is 529 g/mol. The Bertz CT molecular complexity index is 1070. The molecule has 0 spiro atoms. The van der Waals surface area contributed by atoms with Gasteiger partial charge in [-0.3, -0.25) is 23.4 Å². The number of aromatic nitrogens is 2. The molecule has 1 aliphatic rings. The number of unbranched alkanes of at least 4 members (excludes halogenated alkanes) is 9. The van der Waals surface area contributed by atoms with Gasteiger partial charge in [-0.05, 0) is 25.8 Å². The Balaban J connectivity index is 1.69. The van der Waals surface area contributed by atoms with Crippen LogP contribution < -0.4 is 11.2 Å². The zero-order valence-electron chi connectivity index (χ0n) is 23.3. The van der Waals surface area contributed by atoms with Gasteiger partial charge in [0.2, 0.25) is 0 Å². The average molecular weight is 574 g/mol. The van der Waals surface area contributed by atoms with E-state index in [1.54, 1.807) is 6.92 Å². The number of rotatable bonds is 20. The van der Waals surface area contributed by atoms with Gasteiger partial charge in [0.25, 0.3) is 5.56 Å². The van der Waals surface area contributed by atoms with Gasteiger partial charge in [0.05, 0.1) is 31.5 Å². The molecule has 1 saturated heterocycles. The summed E-state index contributed by atoms with van der Waals surface area (Å²) in [6, 6.07) is -0.763. The Morgan fingerprint density at radius 2 is 1.85 bits per heavy atom. The molecule has 2 heterocycles. The molecule has 0 aliphatic carbocycles. The highest BCUT2D eigenvalue weighted by Gasteiger charge is 2.38. The third-order valence-corrected chi connectivity index (χ3v) is 7.67. The number of aromatic amines is 1. The van der Waals surface area contributed by atoms with Crippen LogP contribution in [-0.2, 0) is 23.1 Å². The second-order valence-corrected chi connectivity index (χ2v) is 11.5. The molecule has 14 heteroatoms. The van der Waals surface area contributed by atoms with E-state index in [4.69, 9.17) is 24.1 Å². The van der Waals surface area contributed by atoms with Crippen molar-refractivity contribution < 1.29 is 28.0 Å². The summed E-state index contributed by atoms with van der Waals surface area (Å²) in [5.41, 5.74) is 8.00. The van der Waals surface area contributed by atoms with Gasteiger partial charge >= 0.3 is 13.5 Å². The fraction of sp³-hybridized carbons (Fsp3) is 0.840. The standard InChI is InChI=1S/C25H44N5O8P/c1-4-5-6-7-8-9-10-11-12-13-14-35-17-20(3)38-39(33,34)36-18-22-21(28-29-26)15-23(37-22)30-16-19(2)24(31)27-25(30)32/h16,20-23H,4-15,17-18H2,1-3H3,(H,33,34)(H,27,31,32)/t20-,21+,22-,23-/m1/s1. The molecule has 1 aliphatic heterocycles. The maximum absolute atomic E-state index is 12.5. The Labute approximate surface area is 229 Å². The SMILES string of the molecule is CCCCCCCCCCCCOC[C@@H](C)OP(=O)(O)OC[C@H]1O[C@@H](n2cc(C)c(=O)[nH]c2=O)C[C@@H]1N=[N+]=[N-]. The van der Waals surface area contributed by atoms with Crippen LogP contribution in [0.1, 0.15) is 96.3 Å². The highest BCUT2D eigenvalue weighted by molar-refractivity contribution is 7.47. The van der Waals surface area contributed by atoms with E-state index in [2.05, 4.69) is 21.9 Å². The van der Waals surface area contributed by atoms with Crippen molar-refractivity contribution in [3.63, 3.8) is 0 Å². The molecule has 1 fully saturated rings. The third-order valence-electron chi connectivity index (χ3n) is 6.57. The number of phosphoric ester groups is 1. The summed E-state index contributed by atoms with van der Waals surface area (Å²) in [6.07, 6.45) is 11.3. The minimum absolute atomic E-state index is 0.114. The van der Waals surface area contributed by atoms with E-state index in [-0.39, 0.29) is 13.0 Å². The molecule has 0 bridgehead atoms. The van der Waals surface area contributed by atoms with Crippen LogP contribution in [0.25, 0.3) is 10.4 Å². The number of azide groups is 1. The number of H-pyrrole nitrogens is 1. The summed E-state index contributed by atoms with van der Waals surface area (Å²) < 4.78 is 35.3. The minimum Gasteiger partial charge on any atom is -0.379 e. The van der Waals surface area contributed by atoms with Gasteiger partial charge in [-0.25, -0.2) is 9.36 Å². The quantitative estimate of drug-likeness (QED) is 0.0696. The summed E-state index contributed by atoms with van der Waals surface area (Å²) in [6.45, 7) is 5.66. The van der Waals surface area contributed by atoms with E-state index < -0.39 is 50.2 Å². The van der Waals surface area contributed by atoms with Crippen molar-refractivity contribution >= 4 is 7.82 Å². The van der Waals surface area contributed by atoms with Gasteiger partial charge in [-0.15, -0.1) is 0 Å². The van der Waals surface area contributed by atoms with Crippen LogP contribution in [0.5, 0.6) is 0 Å². The van der Waals surface area contributed by atoms with Crippen LogP contribution in [0.4, 0.5) is 0 Å². The fourth-order valence-corrected chi connectivity index (χ4v) is 5.33. The van der Waals surface area contributed by atoms with Crippen molar-refractivity contribution in [2.45, 2.75) is 116 Å². The van der Waals surface area contributed by atoms with Crippen molar-refractivity contribution in [2.75, 3.05) is 19.8 Å². The summed E-state index contributed by atoms with van der Waals surface area (Å²) in [5, 5.41) is 3.66. The molecule has 13 nitrogen and oxygen atoms in total. The van der Waals surface area contributed by atoms with Gasteiger partial charge in [0, 0.05) is 29.7 Å². The zero-order chi connectivity index (χ0) is 28.7. The first kappa shape index (κ1) is 33.2. The molecular formula is C25H44N5O8P. The van der Waals surface area contributed by atoms with Gasteiger partial charge < -0.3 is 14.4 Å². The van der Waals surface area contributed by atoms with Crippen molar-refractivity contribution in [3.05, 3.63) is 43.0 Å². The largest absolute Gasteiger partial charge is 0.472 e. The molecule has 222 valence electrons. The molecule has 0 aromatic carbocycles. The van der Waals surface area contributed by atoms with Crippen LogP contribution >= 0.6 is 7.82 Å². The fourth-order valence-electron chi connectivity index (χ4n) is 4.42. The van der Waals surface area contributed by atoms with Gasteiger partial charge in [-0.1, -0.05) is 69.8 Å². The average Bonchev–Trinajstić information content (AvgIpc) is 3.28. The van der Waals surface area contributed by atoms with Crippen molar-refractivity contribution in [1.82, 2.24) is 9.55 Å². The molecule has 2 rings (SSSR count). The zero-order valence-corrected chi connectivity index (χ0v) is 24.2. The Morgan fingerprint density at radius 1 is 1.21 bits per heavy atom. The topological polar surface area (TPSA) is 178 Å². The number of phosphoric acid groups is 1. The summed E-state index contributed by atoms with van der Waals surface area (Å²) in [5.74, 6) is 0. The number of ether oxygens (including phenoxy) is 2. The maximum atomic E-state index is 12.5. The van der Waals surface area contributed by atoms with Crippen LogP contribution in [0.2, 0.25) is 0 Å². The van der Waals surface area contributed by atoms with Gasteiger partial charge in [0.1, 0.15) is 6.23 Å². The predicted octanol–water partition coefficient (Wildman–Crippen LogP) is 5.27. The molecule has 2 N–H and O–H groups in total. The first-order valence-corrected chi connectivity index (χ1v) is 15.4. The number of hydrogen-bond donors (Lipinski definition) is 2. The molecule has 1 aromatic rings. The first-order chi connectivity index (χ1) is 18.7. The maximum Gasteiger partial charge on any atom is 0.472 e. The van der Waals surface area contributed by atoms with E-state index in [1.165, 1.54) is 69.1 Å². The minimum atomic E-state index is -4.46. The van der Waals surface area contributed by atoms with Gasteiger partial charge in [-0.2, -0.15) is 0 Å². The van der Waals surface area contributed by atoms with Crippen molar-refractivity contribution in [2.24, 2.45) is 5.11 Å². The molecule has 1 unspecified atom stereocenters. The molecule has 0 saturated carbocycles. The summed E-state index contributed by atoms with van der Waals surface area (Å²) >= 11 is 0. The lowest BCUT2D eigenvalue weighted by molar-refractivity contribution is -0.0325. The lowest BCUT2D eigenvalue weighted by Crippen LogP contribution is -2.33. The number of nitrogens with zero attached hydrogens (tertiary/aromatic N) is 4. The normalized spacial score (nSPS) is 21.4. The van der Waals surface area contributed by atoms with E-state index in [9.17, 15) is 19.0 Å². The van der Waals surface area contributed by atoms with Crippen molar-refractivity contribution in [3.8, 4) is 0 Å². The second-order valence-electron chi connectivity index (χ2n) is 10.1. The third kappa shape index (κ3) is 12.4. The summed E-state index contributed by atoms with van der Waals surface area (Å²) in [4.78, 5) is 39.0. The smallest absolute Gasteiger partial charge is 0.379 e. The van der Waals surface area contributed by atoms with Crippen molar-refractivity contribution in [1.29, 1.82) is 0 Å². The molecule has 5 atom stereocenters. The van der Waals surface area contributed by atoms with Gasteiger partial charge in [0.15, 0.2) is 0 Å². The lowest BCUT2D eigenvalue weighted by atomic mass is 10.1. The van der Waals surface area contributed by atoms with Crippen LogP contribution in [0.3, 0.4) is 0 Å². The number of nitrogens with one attached hydrogen (secondary N) is 1. The van der Waals surface area contributed by atoms with E-state index in [0.29, 0.717) is 12.2 Å². The monoisotopic (exact) mass is 573 g/mol. The van der Waals surface area contributed by atoms with Crippen LogP contribution in [0, 0.1) is 6.92 Å². The molecule has 0 radical (unpaired) electrons. The summed E-state index contributed by atoms with van der Waals surface area (Å²) in [7, 11) is -4.46. The Morgan fingerprint density at radius 3 is 2.49 bits per heavy atom. The highest BCUT2D eigenvalue weighted by Crippen LogP contribution is 2.45. The molecule has 1 aromatic heterocycles. The lowest BCUT2D eigenvalue weighted by Gasteiger charge is -2.21. The van der Waals surface area contributed by atoms with Crippen LogP contribution in [0.15, 0.2) is 20.9 Å². The number of hydrogen-bond acceptors (Lipinski definition) is 8. The Hall–Kier alpha value is -1.98. The van der Waals surface area contributed by atoms with E-state index in [1.807, 2.05) is 0 Å². The number of aryl methyl sites for hydroxylation is 1. The van der Waals surface area contributed by atoms with E-state index in [0.717, 1.165) is 12.8 Å². The second kappa shape index (κ2) is 17.7. The highest BCUT2D eigenvalue weighted by atomic mass is 31.2. The molecule has 0 amide bonds. The van der Waals surface area contributed by atoms with Crippen LogP contribution in [-0.4, -0.2) is 52.5 Å².